The van der Waals surface area contributed by atoms with Gasteiger partial charge in [0.15, 0.2) is 0 Å². The van der Waals surface area contributed by atoms with Crippen molar-refractivity contribution in [2.75, 3.05) is 18.1 Å². The second kappa shape index (κ2) is 8.83. The number of hydrogen-bond donors (Lipinski definition) is 1. The van der Waals surface area contributed by atoms with Crippen molar-refractivity contribution in [3.63, 3.8) is 0 Å². The van der Waals surface area contributed by atoms with Crippen LogP contribution in [-0.4, -0.2) is 29.7 Å². The number of hydrazine groups is 1. The van der Waals surface area contributed by atoms with Crippen LogP contribution in [0, 0.1) is 17.4 Å². The molecular formula is C23H27IN4O. The fourth-order valence-electron chi connectivity index (χ4n) is 4.01. The molecule has 2 aromatic rings. The van der Waals surface area contributed by atoms with Crippen LogP contribution in [0.5, 0.6) is 0 Å². The van der Waals surface area contributed by atoms with Crippen molar-refractivity contribution in [1.82, 2.24) is 10.4 Å². The first-order chi connectivity index (χ1) is 14.0. The number of piperidine rings is 1. The largest absolute Gasteiger partial charge is 0.284 e. The average Bonchev–Trinajstić information content (AvgIpc) is 3.14. The summed E-state index contributed by atoms with van der Waals surface area (Å²) in [6, 6.07) is 14.9. The molecule has 0 bridgehead atoms. The monoisotopic (exact) mass is 502 g/mol. The Hall–Kier alpha value is -1.93. The molecule has 4 rings (SSSR count). The summed E-state index contributed by atoms with van der Waals surface area (Å²) in [6.45, 7) is 6.03. The molecule has 0 aliphatic carbocycles. The van der Waals surface area contributed by atoms with Gasteiger partial charge in [0.1, 0.15) is 5.71 Å². The number of anilines is 1. The summed E-state index contributed by atoms with van der Waals surface area (Å²) in [4.78, 5) is 12.9. The van der Waals surface area contributed by atoms with Gasteiger partial charge in [-0.1, -0.05) is 36.2 Å². The molecule has 1 fully saturated rings. The first-order valence-corrected chi connectivity index (χ1v) is 11.3. The van der Waals surface area contributed by atoms with E-state index in [0.29, 0.717) is 12.1 Å². The summed E-state index contributed by atoms with van der Waals surface area (Å²) in [5.74, 6) is -0.0744. The molecule has 29 heavy (non-hydrogen) atoms. The number of nitrogens with zero attached hydrogens (tertiary/aromatic N) is 3. The molecule has 1 unspecified atom stereocenters. The molecule has 1 N–H and O–H groups in total. The van der Waals surface area contributed by atoms with Gasteiger partial charge < -0.3 is 0 Å². The number of rotatable bonds is 4. The van der Waals surface area contributed by atoms with E-state index >= 15 is 0 Å². The Morgan fingerprint density at radius 1 is 1.07 bits per heavy atom. The lowest BCUT2D eigenvalue weighted by Crippen LogP contribution is -2.47. The van der Waals surface area contributed by atoms with Gasteiger partial charge in [-0.05, 0) is 78.6 Å². The molecule has 2 aliphatic rings. The zero-order valence-electron chi connectivity index (χ0n) is 17.0. The van der Waals surface area contributed by atoms with Gasteiger partial charge in [0.2, 0.25) is 0 Å². The van der Waals surface area contributed by atoms with E-state index in [1.54, 1.807) is 0 Å². The van der Waals surface area contributed by atoms with Crippen LogP contribution < -0.4 is 10.4 Å². The minimum absolute atomic E-state index is 0.0245. The topological polar surface area (TPSA) is 47.9 Å². The molecule has 0 saturated carbocycles. The minimum Gasteiger partial charge on any atom is -0.284 e. The zero-order chi connectivity index (χ0) is 20.4. The zero-order valence-corrected chi connectivity index (χ0v) is 19.1. The van der Waals surface area contributed by atoms with Crippen LogP contribution in [0.4, 0.5) is 5.69 Å². The van der Waals surface area contributed by atoms with Crippen LogP contribution in [0.25, 0.3) is 0 Å². The Balaban J connectivity index is 1.62. The lowest BCUT2D eigenvalue weighted by Gasteiger charge is -2.26. The Labute approximate surface area is 186 Å². The van der Waals surface area contributed by atoms with Gasteiger partial charge >= 0.3 is 0 Å². The molecular weight excluding hydrogens is 475 g/mol. The van der Waals surface area contributed by atoms with Crippen molar-refractivity contribution in [1.29, 1.82) is 0 Å². The van der Waals surface area contributed by atoms with E-state index in [1.165, 1.54) is 21.1 Å². The van der Waals surface area contributed by atoms with Gasteiger partial charge in [-0.2, -0.15) is 5.10 Å². The Morgan fingerprint density at radius 3 is 2.48 bits per heavy atom. The molecule has 1 amide bonds. The Kier molecular flexibility index (Phi) is 6.20. The summed E-state index contributed by atoms with van der Waals surface area (Å²) in [6.07, 6.45) is 4.11. The van der Waals surface area contributed by atoms with Gasteiger partial charge in [-0.3, -0.25) is 15.2 Å². The van der Waals surface area contributed by atoms with Crippen LogP contribution in [-0.2, 0) is 4.79 Å². The average molecular weight is 502 g/mol. The van der Waals surface area contributed by atoms with E-state index in [2.05, 4.69) is 84.3 Å². The Bertz CT molecular complexity index is 919. The summed E-state index contributed by atoms with van der Waals surface area (Å²) >= 11 is 2.33. The number of amides is 1. The summed E-state index contributed by atoms with van der Waals surface area (Å²) in [5.41, 5.74) is 8.29. The number of hydrazone groups is 1. The van der Waals surface area contributed by atoms with Crippen LogP contribution in [0.1, 0.15) is 48.4 Å². The van der Waals surface area contributed by atoms with Gasteiger partial charge in [0.25, 0.3) is 5.91 Å². The molecule has 0 spiro atoms. The standard InChI is InChI=1S/C23H27IN4O/c1-16-6-8-18(9-7-16)22-15-20(23(29)26-27-12-4-3-5-13-27)25-28(22)21-11-10-19(24)14-17(21)2/h6-11,14,22H,3-5,12-13,15H2,1-2H3,(H,26,29). The minimum atomic E-state index is -0.0744. The number of halogens is 1. The first-order valence-electron chi connectivity index (χ1n) is 10.3. The highest BCUT2D eigenvalue weighted by Gasteiger charge is 2.33. The number of aryl methyl sites for hydroxylation is 2. The van der Waals surface area contributed by atoms with Crippen LogP contribution in [0.3, 0.4) is 0 Å². The maximum absolute atomic E-state index is 12.9. The molecule has 6 heteroatoms. The van der Waals surface area contributed by atoms with Gasteiger partial charge in [-0.25, -0.2) is 5.01 Å². The van der Waals surface area contributed by atoms with Gasteiger partial charge in [0, 0.05) is 23.1 Å². The third-order valence-electron chi connectivity index (χ3n) is 5.66. The SMILES string of the molecule is Cc1ccc(C2CC(C(=O)NN3CCCCC3)=NN2c2ccc(I)cc2C)cc1. The quantitative estimate of drug-likeness (QED) is 0.615. The van der Waals surface area contributed by atoms with E-state index in [0.717, 1.165) is 37.2 Å². The second-order valence-electron chi connectivity index (χ2n) is 7.94. The van der Waals surface area contributed by atoms with Crippen molar-refractivity contribution in [2.24, 2.45) is 5.10 Å². The fraction of sp³-hybridized carbons (Fsp3) is 0.391. The summed E-state index contributed by atoms with van der Waals surface area (Å²) < 4.78 is 1.20. The first kappa shape index (κ1) is 20.3. The molecule has 0 aromatic heterocycles. The maximum atomic E-state index is 12.9. The van der Waals surface area contributed by atoms with Crippen molar-refractivity contribution >= 4 is 39.9 Å². The van der Waals surface area contributed by atoms with Crippen molar-refractivity contribution in [2.45, 2.75) is 45.6 Å². The van der Waals surface area contributed by atoms with Crippen LogP contribution in [0.2, 0.25) is 0 Å². The number of benzene rings is 2. The molecule has 1 saturated heterocycles. The molecule has 2 aliphatic heterocycles. The van der Waals surface area contributed by atoms with Crippen molar-refractivity contribution in [3.05, 3.63) is 62.7 Å². The molecule has 2 heterocycles. The van der Waals surface area contributed by atoms with E-state index in [9.17, 15) is 4.79 Å². The van der Waals surface area contributed by atoms with Gasteiger partial charge in [0.05, 0.1) is 11.7 Å². The van der Waals surface area contributed by atoms with E-state index in [4.69, 9.17) is 5.10 Å². The lowest BCUT2D eigenvalue weighted by molar-refractivity contribution is -0.119. The number of carbonyl (C=O) groups excluding carboxylic acids is 1. The predicted molar refractivity (Wildman–Crippen MR) is 126 cm³/mol. The smallest absolute Gasteiger partial charge is 0.281 e. The normalized spacial score (nSPS) is 19.9. The van der Waals surface area contributed by atoms with Crippen molar-refractivity contribution < 1.29 is 4.79 Å². The van der Waals surface area contributed by atoms with Crippen LogP contribution >= 0.6 is 22.6 Å². The molecule has 5 nitrogen and oxygen atoms in total. The van der Waals surface area contributed by atoms with Crippen LogP contribution in [0.15, 0.2) is 47.6 Å². The number of hydrogen-bond acceptors (Lipinski definition) is 4. The molecule has 152 valence electrons. The van der Waals surface area contributed by atoms with Crippen molar-refractivity contribution in [3.8, 4) is 0 Å². The maximum Gasteiger partial charge on any atom is 0.281 e. The third-order valence-corrected chi connectivity index (χ3v) is 6.33. The third kappa shape index (κ3) is 4.64. The Morgan fingerprint density at radius 2 is 1.79 bits per heavy atom. The summed E-state index contributed by atoms with van der Waals surface area (Å²) in [5, 5.41) is 8.87. The lowest BCUT2D eigenvalue weighted by atomic mass is 9.99. The molecule has 0 radical (unpaired) electrons. The highest BCUT2D eigenvalue weighted by Crippen LogP contribution is 2.37. The van der Waals surface area contributed by atoms with E-state index < -0.39 is 0 Å². The number of carbonyl (C=O) groups is 1. The summed E-state index contributed by atoms with van der Waals surface area (Å²) in [7, 11) is 0. The molecule has 1 atom stereocenters. The highest BCUT2D eigenvalue weighted by atomic mass is 127. The highest BCUT2D eigenvalue weighted by molar-refractivity contribution is 14.1. The van der Waals surface area contributed by atoms with E-state index in [1.807, 2.05) is 10.0 Å². The molecule has 2 aromatic carbocycles. The number of nitrogens with one attached hydrogen (secondary N) is 1. The van der Waals surface area contributed by atoms with E-state index in [-0.39, 0.29) is 11.9 Å². The fourth-order valence-corrected chi connectivity index (χ4v) is 4.65. The predicted octanol–water partition coefficient (Wildman–Crippen LogP) is 4.73. The van der Waals surface area contributed by atoms with Gasteiger partial charge in [-0.15, -0.1) is 0 Å². The second-order valence-corrected chi connectivity index (χ2v) is 9.19.